The van der Waals surface area contributed by atoms with Crippen molar-refractivity contribution in [3.8, 4) is 11.5 Å². The van der Waals surface area contributed by atoms with Gasteiger partial charge in [0.15, 0.2) is 0 Å². The Bertz CT molecular complexity index is 1260. The zero-order valence-corrected chi connectivity index (χ0v) is 19.1. The lowest BCUT2D eigenvalue weighted by Gasteiger charge is -2.41. The van der Waals surface area contributed by atoms with Gasteiger partial charge in [-0.2, -0.15) is 0 Å². The van der Waals surface area contributed by atoms with E-state index >= 15 is 0 Å². The second-order valence-corrected chi connectivity index (χ2v) is 9.28. The molecule has 4 heterocycles. The topological polar surface area (TPSA) is 115 Å². The monoisotopic (exact) mass is 460 g/mol. The number of benzene rings is 1. The lowest BCUT2D eigenvalue weighted by Crippen LogP contribution is -2.60. The van der Waals surface area contributed by atoms with E-state index in [4.69, 9.17) is 9.40 Å². The molecule has 2 fully saturated rings. The molecular formula is C24H28N8O2. The molecular weight excluding hydrogens is 432 g/mol. The van der Waals surface area contributed by atoms with Crippen LogP contribution in [0.5, 0.6) is 0 Å². The highest BCUT2D eigenvalue weighted by Crippen LogP contribution is 2.31. The molecule has 1 amide bonds. The first-order valence-electron chi connectivity index (χ1n) is 11.8. The number of piperazine rings is 1. The van der Waals surface area contributed by atoms with Crippen molar-refractivity contribution in [3.63, 3.8) is 0 Å². The standard InChI is InChI=1S/C24H28N8O2/c1-16-29-30-21(34-16)18-6-7-19-20(14-18)27-23(26-19)28-24(8-2-3-9-25-24)15-31-10-12-32(13-11-31)22(33)17-4-5-17/h2-3,6-9,14,17,25H,4-5,10-13,15H2,1H3,(H2,26,27,28). The molecule has 0 radical (unpaired) electrons. The Hall–Kier alpha value is -3.66. The Morgan fingerprint density at radius 3 is 2.76 bits per heavy atom. The third-order valence-corrected chi connectivity index (χ3v) is 6.61. The summed E-state index contributed by atoms with van der Waals surface area (Å²) < 4.78 is 5.56. The van der Waals surface area contributed by atoms with E-state index in [9.17, 15) is 4.79 Å². The summed E-state index contributed by atoms with van der Waals surface area (Å²) >= 11 is 0. The van der Waals surface area contributed by atoms with Crippen molar-refractivity contribution >= 4 is 22.9 Å². The molecule has 1 unspecified atom stereocenters. The summed E-state index contributed by atoms with van der Waals surface area (Å²) in [5.74, 6) is 2.31. The number of nitrogens with zero attached hydrogens (tertiary/aromatic N) is 5. The lowest BCUT2D eigenvalue weighted by molar-refractivity contribution is -0.134. The minimum atomic E-state index is -0.516. The van der Waals surface area contributed by atoms with E-state index in [2.05, 4.69) is 36.8 Å². The lowest BCUT2D eigenvalue weighted by atomic mass is 10.1. The molecule has 3 aliphatic rings. The third kappa shape index (κ3) is 4.16. The number of hydrogen-bond acceptors (Lipinski definition) is 8. The summed E-state index contributed by atoms with van der Waals surface area (Å²) in [5, 5.41) is 15.1. The largest absolute Gasteiger partial charge is 0.421 e. The predicted octanol–water partition coefficient (Wildman–Crippen LogP) is 2.26. The van der Waals surface area contributed by atoms with Crippen LogP contribution in [0.3, 0.4) is 0 Å². The van der Waals surface area contributed by atoms with E-state index in [1.54, 1.807) is 6.92 Å². The second kappa shape index (κ2) is 8.28. The molecule has 0 spiro atoms. The Kier molecular flexibility index (Phi) is 5.09. The molecule has 3 N–H and O–H groups in total. The zero-order chi connectivity index (χ0) is 23.1. The molecule has 10 nitrogen and oxygen atoms in total. The van der Waals surface area contributed by atoms with Gasteiger partial charge in [-0.1, -0.05) is 6.08 Å². The number of aromatic amines is 1. The van der Waals surface area contributed by atoms with Gasteiger partial charge in [0.05, 0.1) is 11.0 Å². The first-order chi connectivity index (χ1) is 16.6. The van der Waals surface area contributed by atoms with E-state index in [0.717, 1.165) is 62.2 Å². The van der Waals surface area contributed by atoms with Crippen molar-refractivity contribution in [1.29, 1.82) is 0 Å². The van der Waals surface area contributed by atoms with Gasteiger partial charge in [0, 0.05) is 51.1 Å². The number of nitrogens with one attached hydrogen (secondary N) is 3. The van der Waals surface area contributed by atoms with Crippen LogP contribution in [0.25, 0.3) is 22.5 Å². The van der Waals surface area contributed by atoms with Crippen molar-refractivity contribution in [2.24, 2.45) is 5.92 Å². The number of rotatable bonds is 6. The fourth-order valence-electron chi connectivity index (χ4n) is 4.63. The number of amides is 1. The van der Waals surface area contributed by atoms with Crippen molar-refractivity contribution in [2.45, 2.75) is 25.4 Å². The highest BCUT2D eigenvalue weighted by Gasteiger charge is 2.36. The molecule has 1 aliphatic carbocycles. The molecule has 1 aromatic carbocycles. The number of hydrogen-bond donors (Lipinski definition) is 3. The maximum atomic E-state index is 12.4. The van der Waals surface area contributed by atoms with Crippen LogP contribution in [0.4, 0.5) is 5.95 Å². The molecule has 2 aromatic heterocycles. The number of H-pyrrole nitrogens is 1. The van der Waals surface area contributed by atoms with Gasteiger partial charge in [0.1, 0.15) is 5.66 Å². The van der Waals surface area contributed by atoms with Crippen molar-refractivity contribution in [2.75, 3.05) is 38.0 Å². The highest BCUT2D eigenvalue weighted by atomic mass is 16.4. The number of anilines is 1. The summed E-state index contributed by atoms with van der Waals surface area (Å²) in [5.41, 5.74) is 2.06. The Morgan fingerprint density at radius 2 is 2.06 bits per heavy atom. The number of aromatic nitrogens is 4. The van der Waals surface area contributed by atoms with Gasteiger partial charge in [-0.25, -0.2) is 4.98 Å². The van der Waals surface area contributed by atoms with E-state index in [1.807, 2.05) is 41.5 Å². The maximum absolute atomic E-state index is 12.4. The fraction of sp³-hybridized carbons (Fsp3) is 0.417. The van der Waals surface area contributed by atoms with Crippen LogP contribution < -0.4 is 10.6 Å². The smallest absolute Gasteiger partial charge is 0.247 e. The Balaban J connectivity index is 1.18. The van der Waals surface area contributed by atoms with Gasteiger partial charge in [-0.05, 0) is 49.4 Å². The quantitative estimate of drug-likeness (QED) is 0.513. The third-order valence-electron chi connectivity index (χ3n) is 6.61. The number of fused-ring (bicyclic) bond motifs is 1. The van der Waals surface area contributed by atoms with E-state index in [-0.39, 0.29) is 5.92 Å². The summed E-state index contributed by atoms with van der Waals surface area (Å²) in [4.78, 5) is 24.9. The summed E-state index contributed by atoms with van der Waals surface area (Å²) in [6, 6.07) is 5.84. The van der Waals surface area contributed by atoms with Gasteiger partial charge in [-0.15, -0.1) is 10.2 Å². The first kappa shape index (κ1) is 20.9. The number of imidazole rings is 1. The molecule has 6 rings (SSSR count). The summed E-state index contributed by atoms with van der Waals surface area (Å²) in [6.45, 7) is 5.79. The summed E-state index contributed by atoms with van der Waals surface area (Å²) in [6.07, 6.45) is 10.2. The van der Waals surface area contributed by atoms with Gasteiger partial charge in [0.2, 0.25) is 23.6 Å². The molecule has 10 heteroatoms. The van der Waals surface area contributed by atoms with E-state index < -0.39 is 5.66 Å². The van der Waals surface area contributed by atoms with Gasteiger partial charge >= 0.3 is 0 Å². The molecule has 2 aliphatic heterocycles. The molecule has 0 bridgehead atoms. The maximum Gasteiger partial charge on any atom is 0.247 e. The van der Waals surface area contributed by atoms with Crippen molar-refractivity contribution < 1.29 is 9.21 Å². The number of aryl methyl sites for hydroxylation is 1. The molecule has 1 saturated heterocycles. The van der Waals surface area contributed by atoms with E-state index in [0.29, 0.717) is 23.6 Å². The van der Waals surface area contributed by atoms with Crippen molar-refractivity contribution in [1.82, 2.24) is 35.3 Å². The fourth-order valence-corrected chi connectivity index (χ4v) is 4.63. The number of dihydropyridines is 1. The summed E-state index contributed by atoms with van der Waals surface area (Å²) in [7, 11) is 0. The van der Waals surface area contributed by atoms with Crippen molar-refractivity contribution in [3.05, 3.63) is 48.5 Å². The molecule has 3 aromatic rings. The Morgan fingerprint density at radius 1 is 1.21 bits per heavy atom. The van der Waals surface area contributed by atoms with Crippen LogP contribution in [-0.4, -0.2) is 74.3 Å². The van der Waals surface area contributed by atoms with Gasteiger partial charge in [-0.3, -0.25) is 9.69 Å². The Labute approximate surface area is 197 Å². The van der Waals surface area contributed by atoms with Crippen LogP contribution in [0.15, 0.2) is 47.0 Å². The SMILES string of the molecule is Cc1nnc(-c2ccc3nc(NC4(CN5CCN(C(=O)C6CC6)CC5)C=CC=CN4)[nH]c3c2)o1. The van der Waals surface area contributed by atoms with Crippen LogP contribution in [0, 0.1) is 12.8 Å². The van der Waals surface area contributed by atoms with Gasteiger partial charge in [0.25, 0.3) is 0 Å². The van der Waals surface area contributed by atoms with Crippen LogP contribution in [0.1, 0.15) is 18.7 Å². The highest BCUT2D eigenvalue weighted by molar-refractivity contribution is 5.82. The number of allylic oxidation sites excluding steroid dienone is 2. The number of carbonyl (C=O) groups excluding carboxylic acids is 1. The normalized spacial score (nSPS) is 22.8. The number of carbonyl (C=O) groups is 1. The predicted molar refractivity (Wildman–Crippen MR) is 128 cm³/mol. The zero-order valence-electron chi connectivity index (χ0n) is 19.1. The molecule has 176 valence electrons. The van der Waals surface area contributed by atoms with Crippen LogP contribution >= 0.6 is 0 Å². The second-order valence-electron chi connectivity index (χ2n) is 9.28. The van der Waals surface area contributed by atoms with Gasteiger partial charge < -0.3 is 24.9 Å². The average Bonchev–Trinajstić information content (AvgIpc) is 3.49. The van der Waals surface area contributed by atoms with Crippen LogP contribution in [-0.2, 0) is 4.79 Å². The molecule has 1 atom stereocenters. The van der Waals surface area contributed by atoms with Crippen LogP contribution in [0.2, 0.25) is 0 Å². The average molecular weight is 461 g/mol. The minimum Gasteiger partial charge on any atom is -0.421 e. The van der Waals surface area contributed by atoms with E-state index in [1.165, 1.54) is 0 Å². The minimum absolute atomic E-state index is 0.282. The first-order valence-corrected chi connectivity index (χ1v) is 11.8. The molecule has 1 saturated carbocycles. The molecule has 34 heavy (non-hydrogen) atoms.